The second-order valence-corrected chi connectivity index (χ2v) is 15.5. The number of benzene rings is 1. The molecule has 5 heteroatoms. The lowest BCUT2D eigenvalue weighted by molar-refractivity contribution is 0.00101. The predicted molar refractivity (Wildman–Crippen MR) is 145 cm³/mol. The number of nitrogens with two attached hydrogens (primary N) is 1. The van der Waals surface area contributed by atoms with E-state index in [4.69, 9.17) is 5.73 Å². The minimum atomic E-state index is -3.72. The summed E-state index contributed by atoms with van der Waals surface area (Å²) >= 11 is 0. The first-order valence-corrected chi connectivity index (χ1v) is 14.0. The molecule has 1 aliphatic rings. The van der Waals surface area contributed by atoms with Gasteiger partial charge in [-0.2, -0.15) is 0 Å². The van der Waals surface area contributed by atoms with E-state index in [1.165, 1.54) is 5.70 Å². The first-order chi connectivity index (χ1) is 15.3. The Labute approximate surface area is 209 Å². The summed E-state index contributed by atoms with van der Waals surface area (Å²) in [5, 5.41) is -0.0156. The van der Waals surface area contributed by atoms with E-state index in [9.17, 15) is 8.42 Å². The Balaban J connectivity index is 2.65. The van der Waals surface area contributed by atoms with Crippen molar-refractivity contribution in [3.8, 4) is 0 Å². The van der Waals surface area contributed by atoms with Crippen LogP contribution in [0.2, 0.25) is 0 Å². The topological polar surface area (TPSA) is 63.4 Å². The van der Waals surface area contributed by atoms with E-state index in [0.717, 1.165) is 31.3 Å². The highest BCUT2D eigenvalue weighted by Crippen LogP contribution is 2.44. The van der Waals surface area contributed by atoms with Gasteiger partial charge in [0, 0.05) is 16.8 Å². The van der Waals surface area contributed by atoms with Crippen LogP contribution >= 0.6 is 0 Å². The molecule has 1 aromatic carbocycles. The molecular weight excluding hydrogens is 440 g/mol. The van der Waals surface area contributed by atoms with Crippen LogP contribution in [-0.2, 0) is 9.84 Å². The third kappa shape index (κ3) is 7.13. The Kier molecular flexibility index (Phi) is 8.14. The summed E-state index contributed by atoms with van der Waals surface area (Å²) in [7, 11) is -3.72. The van der Waals surface area contributed by atoms with Gasteiger partial charge in [-0.25, -0.2) is 8.42 Å². The molecule has 0 unspecified atom stereocenters. The molecule has 34 heavy (non-hydrogen) atoms. The quantitative estimate of drug-likeness (QED) is 0.433. The number of sulfone groups is 1. The van der Waals surface area contributed by atoms with Crippen molar-refractivity contribution in [1.82, 2.24) is 4.90 Å². The van der Waals surface area contributed by atoms with E-state index < -0.39 is 9.84 Å². The van der Waals surface area contributed by atoms with E-state index in [-0.39, 0.29) is 31.8 Å². The van der Waals surface area contributed by atoms with Crippen LogP contribution in [0.15, 0.2) is 57.6 Å². The van der Waals surface area contributed by atoms with E-state index >= 15 is 0 Å². The lowest BCUT2D eigenvalue weighted by atomic mass is 9.74. The highest BCUT2D eigenvalue weighted by Gasteiger charge is 2.43. The molecule has 0 saturated heterocycles. The zero-order chi connectivity index (χ0) is 26.2. The number of allylic oxidation sites excluding steroid dienone is 3. The monoisotopic (exact) mass is 488 g/mol. The minimum absolute atomic E-state index is 0.0156. The maximum atomic E-state index is 13.3. The minimum Gasteiger partial charge on any atom is -0.389 e. The lowest BCUT2D eigenvalue weighted by Gasteiger charge is -2.55. The molecule has 0 saturated carbocycles. The SMILES string of the molecule is CC(C)(C)CC(C)(C)N(C1=C/C(=C(\N)S(=O)(=O)c2ccccc2)CCC1)C(C)(C)CC(C)(C)C. The summed E-state index contributed by atoms with van der Waals surface area (Å²) in [6.07, 6.45) is 6.59. The van der Waals surface area contributed by atoms with Gasteiger partial charge in [-0.15, -0.1) is 0 Å². The van der Waals surface area contributed by atoms with Crippen molar-refractivity contribution in [3.63, 3.8) is 0 Å². The summed E-state index contributed by atoms with van der Waals surface area (Å²) in [6.45, 7) is 23.0. The Bertz CT molecular complexity index is 990. The molecule has 2 N–H and O–H groups in total. The van der Waals surface area contributed by atoms with Gasteiger partial charge in [-0.05, 0) is 94.4 Å². The number of nitrogens with zero attached hydrogens (tertiary/aromatic N) is 1. The Hall–Kier alpha value is -1.75. The van der Waals surface area contributed by atoms with Gasteiger partial charge in [0.05, 0.1) is 4.90 Å². The van der Waals surface area contributed by atoms with E-state index in [2.05, 4.69) is 80.2 Å². The molecule has 0 heterocycles. The predicted octanol–water partition coefficient (Wildman–Crippen LogP) is 7.43. The molecule has 1 aliphatic carbocycles. The molecule has 0 atom stereocenters. The molecule has 0 spiro atoms. The average molecular weight is 489 g/mol. The fourth-order valence-electron chi connectivity index (χ4n) is 6.43. The molecule has 0 fully saturated rings. The highest BCUT2D eigenvalue weighted by atomic mass is 32.2. The van der Waals surface area contributed by atoms with E-state index in [1.54, 1.807) is 24.3 Å². The summed E-state index contributed by atoms with van der Waals surface area (Å²) in [5.74, 6) is 0. The fraction of sp³-hybridized carbons (Fsp3) is 0.655. The van der Waals surface area contributed by atoms with E-state index in [0.29, 0.717) is 6.42 Å². The molecule has 0 bridgehead atoms. The van der Waals surface area contributed by atoms with Crippen molar-refractivity contribution in [2.45, 2.75) is 117 Å². The molecule has 192 valence electrons. The Morgan fingerprint density at radius 1 is 0.824 bits per heavy atom. The van der Waals surface area contributed by atoms with Crippen LogP contribution in [0, 0.1) is 10.8 Å². The van der Waals surface area contributed by atoms with E-state index in [1.807, 2.05) is 6.07 Å². The zero-order valence-electron chi connectivity index (χ0n) is 23.2. The van der Waals surface area contributed by atoms with Gasteiger partial charge in [0.15, 0.2) is 0 Å². The van der Waals surface area contributed by atoms with Crippen LogP contribution in [0.25, 0.3) is 0 Å². The Morgan fingerprint density at radius 2 is 1.29 bits per heavy atom. The molecule has 0 aliphatic heterocycles. The number of hydrogen-bond donors (Lipinski definition) is 1. The molecule has 0 radical (unpaired) electrons. The van der Waals surface area contributed by atoms with Gasteiger partial charge >= 0.3 is 0 Å². The zero-order valence-corrected chi connectivity index (χ0v) is 24.1. The van der Waals surface area contributed by atoms with Crippen LogP contribution in [0.5, 0.6) is 0 Å². The van der Waals surface area contributed by atoms with Crippen LogP contribution < -0.4 is 5.73 Å². The van der Waals surface area contributed by atoms with Crippen molar-refractivity contribution in [2.75, 3.05) is 0 Å². The second-order valence-electron chi connectivity index (χ2n) is 13.6. The lowest BCUT2D eigenvalue weighted by Crippen LogP contribution is -2.57. The van der Waals surface area contributed by atoms with Crippen LogP contribution in [0.1, 0.15) is 101 Å². The molecule has 0 aromatic heterocycles. The van der Waals surface area contributed by atoms with Crippen LogP contribution in [0.4, 0.5) is 0 Å². The van der Waals surface area contributed by atoms with Crippen molar-refractivity contribution < 1.29 is 8.42 Å². The molecule has 2 rings (SSSR count). The summed E-state index contributed by atoms with van der Waals surface area (Å²) in [4.78, 5) is 2.83. The maximum Gasteiger partial charge on any atom is 0.221 e. The standard InChI is InChI=1S/C29H48N2O2S/c1-26(2,3)20-28(7,8)31(29(9,10)21-27(4,5)6)23-16-14-15-22(19-23)25(30)34(32,33)24-17-12-11-13-18-24/h11-13,17-19H,14-16,20-21,30H2,1-10H3/b25-22+. The van der Waals surface area contributed by atoms with Gasteiger partial charge in [-0.1, -0.05) is 59.7 Å². The van der Waals surface area contributed by atoms with Gasteiger partial charge in [0.1, 0.15) is 5.03 Å². The fourth-order valence-corrected chi connectivity index (χ4v) is 7.70. The van der Waals surface area contributed by atoms with Crippen molar-refractivity contribution in [1.29, 1.82) is 0 Å². The summed E-state index contributed by atoms with van der Waals surface area (Å²) in [6, 6.07) is 8.51. The highest BCUT2D eigenvalue weighted by molar-refractivity contribution is 7.95. The van der Waals surface area contributed by atoms with Crippen LogP contribution in [0.3, 0.4) is 0 Å². The molecular formula is C29H48N2O2S. The van der Waals surface area contributed by atoms with Gasteiger partial charge < -0.3 is 10.6 Å². The third-order valence-electron chi connectivity index (χ3n) is 6.30. The maximum absolute atomic E-state index is 13.3. The largest absolute Gasteiger partial charge is 0.389 e. The average Bonchev–Trinajstić information content (AvgIpc) is 2.64. The van der Waals surface area contributed by atoms with Crippen molar-refractivity contribution >= 4 is 9.84 Å². The summed E-state index contributed by atoms with van der Waals surface area (Å²) in [5.41, 5.74) is 8.37. The van der Waals surface area contributed by atoms with Gasteiger partial charge in [0.2, 0.25) is 9.84 Å². The van der Waals surface area contributed by atoms with Gasteiger partial charge in [0.25, 0.3) is 0 Å². The molecule has 4 nitrogen and oxygen atoms in total. The van der Waals surface area contributed by atoms with Gasteiger partial charge in [-0.3, -0.25) is 0 Å². The number of rotatable bonds is 7. The number of hydrogen-bond acceptors (Lipinski definition) is 4. The van der Waals surface area contributed by atoms with Crippen LogP contribution in [-0.4, -0.2) is 24.4 Å². The smallest absolute Gasteiger partial charge is 0.221 e. The van der Waals surface area contributed by atoms with Crippen molar-refractivity contribution in [2.24, 2.45) is 16.6 Å². The normalized spacial score (nSPS) is 17.9. The molecule has 1 aromatic rings. The summed E-state index contributed by atoms with van der Waals surface area (Å²) < 4.78 is 26.5. The third-order valence-corrected chi connectivity index (χ3v) is 8.04. The second kappa shape index (κ2) is 9.72. The molecule has 0 amide bonds. The van der Waals surface area contributed by atoms with Crippen molar-refractivity contribution in [3.05, 3.63) is 52.7 Å². The first kappa shape index (κ1) is 28.5. The Morgan fingerprint density at radius 3 is 1.74 bits per heavy atom. The first-order valence-electron chi connectivity index (χ1n) is 12.6.